The van der Waals surface area contributed by atoms with E-state index in [0.29, 0.717) is 24.3 Å². The van der Waals surface area contributed by atoms with Gasteiger partial charge in [0.25, 0.3) is 0 Å². The van der Waals surface area contributed by atoms with E-state index in [1.54, 1.807) is 24.3 Å². The van der Waals surface area contributed by atoms with Crippen molar-refractivity contribution in [2.45, 2.75) is 24.9 Å². The number of carbonyl (C=O) groups is 2. The molecule has 0 amide bonds. The van der Waals surface area contributed by atoms with E-state index in [4.69, 9.17) is 4.74 Å². The first-order valence-corrected chi connectivity index (χ1v) is 5.93. The van der Waals surface area contributed by atoms with Crippen molar-refractivity contribution in [1.29, 1.82) is 0 Å². The summed E-state index contributed by atoms with van der Waals surface area (Å²) in [6.07, 6.45) is 0.620. The molecule has 19 heavy (non-hydrogen) atoms. The maximum absolute atomic E-state index is 11.3. The number of para-hydroxylation sites is 2. The van der Waals surface area contributed by atoms with Crippen LogP contribution in [0.4, 0.5) is 5.69 Å². The number of anilines is 1. The van der Waals surface area contributed by atoms with E-state index in [1.807, 2.05) is 0 Å². The van der Waals surface area contributed by atoms with Gasteiger partial charge in [-0.2, -0.15) is 0 Å². The molecular weight excluding hydrogens is 250 g/mol. The predicted molar refractivity (Wildman–Crippen MR) is 67.6 cm³/mol. The van der Waals surface area contributed by atoms with Gasteiger partial charge in [0.1, 0.15) is 17.8 Å². The third-order valence-electron chi connectivity index (χ3n) is 3.32. The highest BCUT2D eigenvalue weighted by Gasteiger charge is 2.42. The highest BCUT2D eigenvalue weighted by atomic mass is 16.5. The Labute approximate surface area is 110 Å². The van der Waals surface area contributed by atoms with Gasteiger partial charge in [-0.05, 0) is 25.0 Å². The average molecular weight is 265 g/mol. The zero-order valence-corrected chi connectivity index (χ0v) is 10.4. The first-order valence-electron chi connectivity index (χ1n) is 5.93. The summed E-state index contributed by atoms with van der Waals surface area (Å²) in [5, 5.41) is 18.5. The van der Waals surface area contributed by atoms with Crippen LogP contribution >= 0.6 is 0 Å². The van der Waals surface area contributed by atoms with Gasteiger partial charge in [0.2, 0.25) is 0 Å². The lowest BCUT2D eigenvalue weighted by Gasteiger charge is -2.29. The fraction of sp³-hybridized carbons (Fsp3) is 0.385. The largest absolute Gasteiger partial charge is 0.495 e. The molecule has 1 aliphatic rings. The van der Waals surface area contributed by atoms with Crippen molar-refractivity contribution in [1.82, 2.24) is 0 Å². The minimum Gasteiger partial charge on any atom is -0.495 e. The van der Waals surface area contributed by atoms with E-state index in [0.717, 1.165) is 0 Å². The fourth-order valence-electron chi connectivity index (χ4n) is 2.47. The lowest BCUT2D eigenvalue weighted by molar-refractivity contribution is -0.139. The van der Waals surface area contributed by atoms with Crippen LogP contribution in [-0.4, -0.2) is 41.3 Å². The van der Waals surface area contributed by atoms with E-state index in [2.05, 4.69) is 0 Å². The van der Waals surface area contributed by atoms with Crippen LogP contribution in [0.5, 0.6) is 5.75 Å². The number of carboxylic acids is 2. The second-order valence-electron chi connectivity index (χ2n) is 4.36. The van der Waals surface area contributed by atoms with Crippen LogP contribution in [0.25, 0.3) is 0 Å². The second kappa shape index (κ2) is 5.17. The number of rotatable bonds is 4. The summed E-state index contributed by atoms with van der Waals surface area (Å²) in [4.78, 5) is 24.0. The van der Waals surface area contributed by atoms with Crippen LogP contribution in [0.3, 0.4) is 0 Å². The molecule has 1 heterocycles. The Balaban J connectivity index is 2.46. The Kier molecular flexibility index (Phi) is 3.59. The molecule has 102 valence electrons. The Morgan fingerprint density at radius 2 is 1.68 bits per heavy atom. The van der Waals surface area contributed by atoms with Gasteiger partial charge in [-0.15, -0.1) is 0 Å². The summed E-state index contributed by atoms with van der Waals surface area (Å²) in [6, 6.07) is 5.18. The topological polar surface area (TPSA) is 87.1 Å². The van der Waals surface area contributed by atoms with Gasteiger partial charge in [-0.3, -0.25) is 0 Å². The van der Waals surface area contributed by atoms with Crippen LogP contribution in [0, 0.1) is 0 Å². The van der Waals surface area contributed by atoms with E-state index >= 15 is 0 Å². The zero-order valence-electron chi connectivity index (χ0n) is 10.4. The Morgan fingerprint density at radius 3 is 2.16 bits per heavy atom. The molecule has 2 rings (SSSR count). The van der Waals surface area contributed by atoms with E-state index in [-0.39, 0.29) is 0 Å². The molecule has 1 aromatic carbocycles. The quantitative estimate of drug-likeness (QED) is 0.850. The summed E-state index contributed by atoms with van der Waals surface area (Å²) in [5.74, 6) is -1.56. The molecule has 2 unspecified atom stereocenters. The first kappa shape index (κ1) is 13.2. The van der Waals surface area contributed by atoms with Crippen molar-refractivity contribution in [2.24, 2.45) is 0 Å². The van der Waals surface area contributed by atoms with Crippen molar-refractivity contribution in [3.8, 4) is 5.75 Å². The minimum absolute atomic E-state index is 0.310. The maximum atomic E-state index is 11.3. The summed E-state index contributed by atoms with van der Waals surface area (Å²) in [7, 11) is 1.47. The van der Waals surface area contributed by atoms with E-state index < -0.39 is 24.0 Å². The first-order chi connectivity index (χ1) is 9.06. The highest BCUT2D eigenvalue weighted by Crippen LogP contribution is 2.36. The average Bonchev–Trinajstić information content (AvgIpc) is 2.83. The van der Waals surface area contributed by atoms with Crippen molar-refractivity contribution in [3.63, 3.8) is 0 Å². The molecule has 2 N–H and O–H groups in total. The summed E-state index contributed by atoms with van der Waals surface area (Å²) < 4.78 is 5.19. The Hall–Kier alpha value is -2.24. The van der Waals surface area contributed by atoms with Crippen LogP contribution in [0.1, 0.15) is 12.8 Å². The SMILES string of the molecule is COc1ccccc1N1C(C(=O)O)CCC1C(=O)O. The molecule has 0 saturated carbocycles. The van der Waals surface area contributed by atoms with E-state index in [9.17, 15) is 19.8 Å². The number of ether oxygens (including phenoxy) is 1. The van der Waals surface area contributed by atoms with E-state index in [1.165, 1.54) is 12.0 Å². The van der Waals surface area contributed by atoms with Gasteiger partial charge in [-0.1, -0.05) is 12.1 Å². The van der Waals surface area contributed by atoms with Gasteiger partial charge in [0.05, 0.1) is 12.8 Å². The highest BCUT2D eigenvalue weighted by molar-refractivity contribution is 5.87. The maximum Gasteiger partial charge on any atom is 0.326 e. The smallest absolute Gasteiger partial charge is 0.326 e. The molecule has 1 saturated heterocycles. The number of hydrogen-bond acceptors (Lipinski definition) is 4. The molecule has 2 atom stereocenters. The minimum atomic E-state index is -1.02. The molecule has 0 aromatic heterocycles. The Morgan fingerprint density at radius 1 is 1.16 bits per heavy atom. The van der Waals surface area contributed by atoms with Gasteiger partial charge in [0, 0.05) is 0 Å². The summed E-state index contributed by atoms with van der Waals surface area (Å²) in [6.45, 7) is 0. The molecule has 1 aliphatic heterocycles. The lowest BCUT2D eigenvalue weighted by atomic mass is 10.2. The lowest BCUT2D eigenvalue weighted by Crippen LogP contribution is -2.44. The molecular formula is C13H15NO5. The number of nitrogens with zero attached hydrogens (tertiary/aromatic N) is 1. The molecule has 0 aliphatic carbocycles. The number of aliphatic carboxylic acids is 2. The molecule has 0 bridgehead atoms. The Bertz CT molecular complexity index is 480. The van der Waals surface area contributed by atoms with Crippen molar-refractivity contribution >= 4 is 17.6 Å². The number of hydrogen-bond donors (Lipinski definition) is 2. The van der Waals surface area contributed by atoms with Crippen molar-refractivity contribution in [3.05, 3.63) is 24.3 Å². The van der Waals surface area contributed by atoms with Crippen LogP contribution in [0.2, 0.25) is 0 Å². The summed E-state index contributed by atoms with van der Waals surface area (Å²) in [5.41, 5.74) is 0.502. The molecule has 1 aromatic rings. The predicted octanol–water partition coefficient (Wildman–Crippen LogP) is 1.20. The van der Waals surface area contributed by atoms with Crippen molar-refractivity contribution < 1.29 is 24.5 Å². The molecule has 0 radical (unpaired) electrons. The molecule has 0 spiro atoms. The van der Waals surface area contributed by atoms with Crippen molar-refractivity contribution in [2.75, 3.05) is 12.0 Å². The molecule has 6 nitrogen and oxygen atoms in total. The monoisotopic (exact) mass is 265 g/mol. The number of methoxy groups -OCH3 is 1. The van der Waals surface area contributed by atoms with Gasteiger partial charge >= 0.3 is 11.9 Å². The standard InChI is InChI=1S/C13H15NO5/c1-19-11-5-3-2-4-8(11)14-9(12(15)16)6-7-10(14)13(17)18/h2-5,9-10H,6-7H2,1H3,(H,15,16)(H,17,18). The fourth-order valence-corrected chi connectivity index (χ4v) is 2.47. The zero-order chi connectivity index (χ0) is 14.0. The van der Waals surface area contributed by atoms with Crippen LogP contribution < -0.4 is 9.64 Å². The molecule has 1 fully saturated rings. The third-order valence-corrected chi connectivity index (χ3v) is 3.32. The third kappa shape index (κ3) is 2.33. The van der Waals surface area contributed by atoms with Gasteiger partial charge in [0.15, 0.2) is 0 Å². The van der Waals surface area contributed by atoms with Gasteiger partial charge < -0.3 is 19.8 Å². The van der Waals surface area contributed by atoms with Crippen LogP contribution in [-0.2, 0) is 9.59 Å². The van der Waals surface area contributed by atoms with Crippen LogP contribution in [0.15, 0.2) is 24.3 Å². The number of benzene rings is 1. The summed E-state index contributed by atoms with van der Waals surface area (Å²) >= 11 is 0. The number of carboxylic acid groups (broad SMARTS) is 2. The molecule has 6 heteroatoms. The van der Waals surface area contributed by atoms with Gasteiger partial charge in [-0.25, -0.2) is 9.59 Å². The second-order valence-corrected chi connectivity index (χ2v) is 4.36. The normalized spacial score (nSPS) is 22.3.